The number of nitrogens with two attached hydrogens (primary N) is 1. The first-order chi connectivity index (χ1) is 7.81. The topological polar surface area (TPSA) is 54.2 Å². The number of anilines is 1. The molecule has 0 radical (unpaired) electrons. The molecule has 2 N–H and O–H groups in total. The van der Waals surface area contributed by atoms with Crippen molar-refractivity contribution in [2.24, 2.45) is 0 Å². The molecule has 3 nitrogen and oxygen atoms in total. The lowest BCUT2D eigenvalue weighted by Gasteiger charge is -2.02. The maximum absolute atomic E-state index is 8.95. The van der Waals surface area contributed by atoms with Crippen LogP contribution in [0, 0.1) is 11.3 Å². The van der Waals surface area contributed by atoms with Gasteiger partial charge in [0, 0.05) is 11.6 Å². The van der Waals surface area contributed by atoms with E-state index in [2.05, 4.69) is 6.07 Å². The largest absolute Gasteiger partial charge is 0.384 e. The van der Waals surface area contributed by atoms with E-state index in [1.54, 1.807) is 0 Å². The summed E-state index contributed by atoms with van der Waals surface area (Å²) in [6, 6.07) is 14.0. The minimum absolute atomic E-state index is 0.503. The molecule has 76 valence electrons. The standard InChI is InChI=1S/C13H9N3/c14-8-10-7-12-11-4-2-1-3-9(11)5-6-16(12)13(10)15/h1-7H,15H2. The molecule has 0 fully saturated rings. The first-order valence-corrected chi connectivity index (χ1v) is 4.99. The smallest absolute Gasteiger partial charge is 0.126 e. The highest BCUT2D eigenvalue weighted by Gasteiger charge is 2.08. The Labute approximate surface area is 92.3 Å². The van der Waals surface area contributed by atoms with E-state index in [0.717, 1.165) is 16.3 Å². The van der Waals surface area contributed by atoms with Gasteiger partial charge in [-0.25, -0.2) is 0 Å². The summed E-state index contributed by atoms with van der Waals surface area (Å²) in [6.07, 6.45) is 1.90. The normalized spacial score (nSPS) is 10.7. The van der Waals surface area contributed by atoms with Gasteiger partial charge in [0.25, 0.3) is 0 Å². The van der Waals surface area contributed by atoms with E-state index in [9.17, 15) is 0 Å². The Morgan fingerprint density at radius 2 is 2.00 bits per heavy atom. The number of nitriles is 1. The molecule has 0 aliphatic carbocycles. The van der Waals surface area contributed by atoms with Gasteiger partial charge in [-0.3, -0.25) is 0 Å². The maximum Gasteiger partial charge on any atom is 0.126 e. The first-order valence-electron chi connectivity index (χ1n) is 4.99. The molecule has 0 saturated carbocycles. The summed E-state index contributed by atoms with van der Waals surface area (Å²) in [5.74, 6) is 0.503. The highest BCUT2D eigenvalue weighted by molar-refractivity contribution is 5.97. The number of nitrogen functional groups attached to an aromatic ring is 1. The van der Waals surface area contributed by atoms with Crippen LogP contribution in [0.15, 0.2) is 42.6 Å². The van der Waals surface area contributed by atoms with Crippen molar-refractivity contribution >= 4 is 22.1 Å². The van der Waals surface area contributed by atoms with Crippen molar-refractivity contribution in [3.05, 3.63) is 48.2 Å². The van der Waals surface area contributed by atoms with E-state index in [1.165, 1.54) is 0 Å². The minimum atomic E-state index is 0.503. The first kappa shape index (κ1) is 8.81. The second-order valence-corrected chi connectivity index (χ2v) is 3.71. The van der Waals surface area contributed by atoms with Crippen LogP contribution >= 0.6 is 0 Å². The van der Waals surface area contributed by atoms with Crippen LogP contribution in [0.3, 0.4) is 0 Å². The fourth-order valence-corrected chi connectivity index (χ4v) is 2.03. The lowest BCUT2D eigenvalue weighted by Crippen LogP contribution is -1.93. The zero-order valence-corrected chi connectivity index (χ0v) is 8.51. The molecule has 0 amide bonds. The van der Waals surface area contributed by atoms with Crippen LogP contribution in [0.25, 0.3) is 16.3 Å². The second-order valence-electron chi connectivity index (χ2n) is 3.71. The quantitative estimate of drug-likeness (QED) is 0.615. The van der Waals surface area contributed by atoms with Gasteiger partial charge in [0.2, 0.25) is 0 Å². The Balaban J connectivity index is 2.57. The van der Waals surface area contributed by atoms with E-state index < -0.39 is 0 Å². The molecule has 0 unspecified atom stereocenters. The number of benzene rings is 1. The van der Waals surface area contributed by atoms with E-state index in [-0.39, 0.29) is 0 Å². The summed E-state index contributed by atoms with van der Waals surface area (Å²) in [4.78, 5) is 0. The monoisotopic (exact) mass is 207 g/mol. The van der Waals surface area contributed by atoms with Crippen LogP contribution in [0.1, 0.15) is 5.56 Å². The fraction of sp³-hybridized carbons (Fsp3) is 0. The van der Waals surface area contributed by atoms with Gasteiger partial charge >= 0.3 is 0 Å². The molecule has 2 heterocycles. The van der Waals surface area contributed by atoms with Crippen LogP contribution in [0.5, 0.6) is 0 Å². The van der Waals surface area contributed by atoms with Crippen molar-refractivity contribution in [3.63, 3.8) is 0 Å². The SMILES string of the molecule is N#Cc1cc2c3ccccc3ccn2c1N. The van der Waals surface area contributed by atoms with Crippen LogP contribution in [0.2, 0.25) is 0 Å². The average molecular weight is 207 g/mol. The number of rotatable bonds is 0. The van der Waals surface area contributed by atoms with Crippen molar-refractivity contribution in [2.45, 2.75) is 0 Å². The van der Waals surface area contributed by atoms with Gasteiger partial charge < -0.3 is 10.1 Å². The number of pyridine rings is 1. The van der Waals surface area contributed by atoms with Crippen molar-refractivity contribution in [3.8, 4) is 6.07 Å². The molecule has 3 rings (SSSR count). The van der Waals surface area contributed by atoms with Crippen molar-refractivity contribution in [1.29, 1.82) is 5.26 Å². The van der Waals surface area contributed by atoms with Crippen molar-refractivity contribution in [1.82, 2.24) is 4.40 Å². The predicted octanol–water partition coefficient (Wildman–Crippen LogP) is 2.55. The third kappa shape index (κ3) is 1.01. The van der Waals surface area contributed by atoms with Crippen LogP contribution < -0.4 is 5.73 Å². The minimum Gasteiger partial charge on any atom is -0.384 e. The van der Waals surface area contributed by atoms with Crippen molar-refractivity contribution in [2.75, 3.05) is 5.73 Å². The van der Waals surface area contributed by atoms with Crippen molar-refractivity contribution < 1.29 is 0 Å². The molecule has 3 aromatic rings. The number of hydrogen-bond acceptors (Lipinski definition) is 2. The zero-order chi connectivity index (χ0) is 11.1. The molecule has 0 aliphatic heterocycles. The molecular weight excluding hydrogens is 198 g/mol. The number of aromatic nitrogens is 1. The molecular formula is C13H9N3. The van der Waals surface area contributed by atoms with Gasteiger partial charge in [-0.1, -0.05) is 24.3 Å². The lowest BCUT2D eigenvalue weighted by molar-refractivity contribution is 1.22. The summed E-state index contributed by atoms with van der Waals surface area (Å²) >= 11 is 0. The third-order valence-electron chi connectivity index (χ3n) is 2.84. The number of fused-ring (bicyclic) bond motifs is 3. The average Bonchev–Trinajstić information content (AvgIpc) is 2.67. The highest BCUT2D eigenvalue weighted by Crippen LogP contribution is 2.25. The maximum atomic E-state index is 8.95. The zero-order valence-electron chi connectivity index (χ0n) is 8.51. The Kier molecular flexibility index (Phi) is 1.66. The third-order valence-corrected chi connectivity index (χ3v) is 2.84. The molecule has 16 heavy (non-hydrogen) atoms. The fourth-order valence-electron chi connectivity index (χ4n) is 2.03. The van der Waals surface area contributed by atoms with Crippen LogP contribution in [0.4, 0.5) is 5.82 Å². The molecule has 0 bridgehead atoms. The summed E-state index contributed by atoms with van der Waals surface area (Å²) in [6.45, 7) is 0. The van der Waals surface area contributed by atoms with Crippen LogP contribution in [-0.4, -0.2) is 4.40 Å². The summed E-state index contributed by atoms with van der Waals surface area (Å²) in [5, 5.41) is 11.2. The molecule has 0 atom stereocenters. The van der Waals surface area contributed by atoms with Gasteiger partial charge in [-0.05, 0) is 17.5 Å². The van der Waals surface area contributed by atoms with Gasteiger partial charge in [0.1, 0.15) is 11.9 Å². The Hall–Kier alpha value is -2.47. The molecule has 3 heteroatoms. The van der Waals surface area contributed by atoms with E-state index in [1.807, 2.05) is 47.0 Å². The Morgan fingerprint density at radius 3 is 2.81 bits per heavy atom. The Bertz CT molecular complexity index is 732. The van der Waals surface area contributed by atoms with Gasteiger partial charge in [-0.15, -0.1) is 0 Å². The lowest BCUT2D eigenvalue weighted by atomic mass is 10.1. The van der Waals surface area contributed by atoms with Gasteiger partial charge in [0.15, 0.2) is 0 Å². The molecule has 1 aromatic carbocycles. The molecule has 0 saturated heterocycles. The van der Waals surface area contributed by atoms with E-state index >= 15 is 0 Å². The Morgan fingerprint density at radius 1 is 1.19 bits per heavy atom. The van der Waals surface area contributed by atoms with Gasteiger partial charge in [0.05, 0.1) is 11.1 Å². The number of nitrogens with zero attached hydrogens (tertiary/aromatic N) is 2. The second kappa shape index (κ2) is 3.01. The van der Waals surface area contributed by atoms with Gasteiger partial charge in [-0.2, -0.15) is 5.26 Å². The predicted molar refractivity (Wildman–Crippen MR) is 64.0 cm³/mol. The summed E-state index contributed by atoms with van der Waals surface area (Å²) < 4.78 is 1.85. The van der Waals surface area contributed by atoms with Crippen LogP contribution in [-0.2, 0) is 0 Å². The van der Waals surface area contributed by atoms with E-state index in [0.29, 0.717) is 11.4 Å². The molecule has 0 spiro atoms. The molecule has 0 aliphatic rings. The molecule has 2 aromatic heterocycles. The van der Waals surface area contributed by atoms with E-state index in [4.69, 9.17) is 11.0 Å². The number of hydrogen-bond donors (Lipinski definition) is 1. The summed E-state index contributed by atoms with van der Waals surface area (Å²) in [7, 11) is 0. The highest BCUT2D eigenvalue weighted by atomic mass is 15.0. The summed E-state index contributed by atoms with van der Waals surface area (Å²) in [5.41, 5.74) is 7.38.